The molecule has 166 valence electrons. The van der Waals surface area contributed by atoms with Crippen LogP contribution >= 0.6 is 0 Å². The molecule has 0 spiro atoms. The number of nitrogens with zero attached hydrogens (tertiary/aromatic N) is 1. The molecule has 34 heavy (non-hydrogen) atoms. The molecule has 0 radical (unpaired) electrons. The van der Waals surface area contributed by atoms with Gasteiger partial charge in [0.05, 0.1) is 17.0 Å². The smallest absolute Gasteiger partial charge is 0.246 e. The molecule has 4 aromatic rings. The van der Waals surface area contributed by atoms with Gasteiger partial charge in [-0.25, -0.2) is 4.90 Å². The molecular formula is C31H25NO2. The molecule has 6 rings (SSSR count). The summed E-state index contributed by atoms with van der Waals surface area (Å²) in [5, 5.41) is 0. The summed E-state index contributed by atoms with van der Waals surface area (Å²) in [5.41, 5.74) is 3.98. The van der Waals surface area contributed by atoms with Crippen LogP contribution in [0.2, 0.25) is 0 Å². The summed E-state index contributed by atoms with van der Waals surface area (Å²) in [6.45, 7) is 4.03. The maximum Gasteiger partial charge on any atom is 0.246 e. The predicted octanol–water partition coefficient (Wildman–Crippen LogP) is 5.73. The molecular weight excluding hydrogens is 418 g/mol. The van der Waals surface area contributed by atoms with Gasteiger partial charge in [-0.3, -0.25) is 9.59 Å². The van der Waals surface area contributed by atoms with Gasteiger partial charge >= 0.3 is 0 Å². The average Bonchev–Trinajstić information content (AvgIpc) is 3.46. The van der Waals surface area contributed by atoms with Crippen molar-refractivity contribution in [3.63, 3.8) is 0 Å². The number of carbonyl (C=O) groups excluding carboxylic acids is 2. The van der Waals surface area contributed by atoms with Crippen molar-refractivity contribution in [2.75, 3.05) is 4.90 Å². The minimum absolute atomic E-state index is 0.137. The molecule has 2 fully saturated rings. The molecule has 0 bridgehead atoms. The molecule has 1 aliphatic carbocycles. The van der Waals surface area contributed by atoms with E-state index >= 15 is 0 Å². The molecule has 2 aliphatic rings. The molecule has 2 atom stereocenters. The first-order valence-corrected chi connectivity index (χ1v) is 11.7. The zero-order valence-corrected chi connectivity index (χ0v) is 19.2. The Kier molecular flexibility index (Phi) is 4.40. The molecule has 3 heteroatoms. The number of piperidine rings is 1. The molecule has 0 aromatic heterocycles. The van der Waals surface area contributed by atoms with Crippen LogP contribution in [0.3, 0.4) is 0 Å². The standard InChI is InChI=1S/C31H25NO2/c1-21-13-17-25(18-14-21)31-27(28(33)32(29(31)34)26-19-15-22(2)16-20-26)30(31,23-9-5-3-6-10-23)24-11-7-4-8-12-24/h3-20,27H,1-2H3/t27-,31+/m0/s1. The van der Waals surface area contributed by atoms with Gasteiger partial charge in [0.25, 0.3) is 0 Å². The molecule has 1 saturated carbocycles. The van der Waals surface area contributed by atoms with Crippen molar-refractivity contribution >= 4 is 17.5 Å². The highest BCUT2D eigenvalue weighted by molar-refractivity contribution is 6.32. The van der Waals surface area contributed by atoms with E-state index in [1.54, 1.807) is 0 Å². The Morgan fingerprint density at radius 3 is 1.50 bits per heavy atom. The van der Waals surface area contributed by atoms with Gasteiger partial charge in [-0.1, -0.05) is 108 Å². The highest BCUT2D eigenvalue weighted by Gasteiger charge is 2.89. The maximum atomic E-state index is 14.5. The van der Waals surface area contributed by atoms with E-state index in [0.717, 1.165) is 27.8 Å². The molecule has 0 unspecified atom stereocenters. The first-order valence-electron chi connectivity index (χ1n) is 11.7. The number of carbonyl (C=O) groups is 2. The first kappa shape index (κ1) is 20.6. The second-order valence-electron chi connectivity index (χ2n) is 9.46. The number of benzene rings is 4. The molecule has 2 amide bonds. The van der Waals surface area contributed by atoms with Gasteiger partial charge in [-0.2, -0.15) is 0 Å². The zero-order valence-electron chi connectivity index (χ0n) is 19.2. The Morgan fingerprint density at radius 1 is 0.559 bits per heavy atom. The van der Waals surface area contributed by atoms with Gasteiger partial charge in [-0.15, -0.1) is 0 Å². The second-order valence-corrected chi connectivity index (χ2v) is 9.46. The molecule has 4 aromatic carbocycles. The van der Waals surface area contributed by atoms with Gasteiger partial charge in [0.2, 0.25) is 11.8 Å². The molecule has 0 N–H and O–H groups in total. The van der Waals surface area contributed by atoms with E-state index < -0.39 is 16.7 Å². The number of hydrogen-bond donors (Lipinski definition) is 0. The summed E-state index contributed by atoms with van der Waals surface area (Å²) in [7, 11) is 0. The van der Waals surface area contributed by atoms with E-state index in [-0.39, 0.29) is 11.8 Å². The quantitative estimate of drug-likeness (QED) is 0.378. The number of hydrogen-bond acceptors (Lipinski definition) is 2. The molecule has 3 nitrogen and oxygen atoms in total. The van der Waals surface area contributed by atoms with Gasteiger partial charge in [0.15, 0.2) is 0 Å². The second kappa shape index (κ2) is 7.26. The number of anilines is 1. The lowest BCUT2D eigenvalue weighted by atomic mass is 9.75. The minimum atomic E-state index is -0.995. The molecule has 1 heterocycles. The van der Waals surface area contributed by atoms with E-state index in [0.29, 0.717) is 5.69 Å². The molecule has 1 aliphatic heterocycles. The maximum absolute atomic E-state index is 14.5. The van der Waals surface area contributed by atoms with Crippen molar-refractivity contribution in [1.82, 2.24) is 0 Å². The van der Waals surface area contributed by atoms with Crippen LogP contribution < -0.4 is 4.90 Å². The van der Waals surface area contributed by atoms with Crippen LogP contribution in [0.1, 0.15) is 27.8 Å². The number of imide groups is 1. The fourth-order valence-corrected chi connectivity index (χ4v) is 6.17. The number of rotatable bonds is 4. The summed E-state index contributed by atoms with van der Waals surface area (Å²) in [6.07, 6.45) is 0. The summed E-state index contributed by atoms with van der Waals surface area (Å²) in [4.78, 5) is 30.1. The van der Waals surface area contributed by atoms with Crippen molar-refractivity contribution < 1.29 is 9.59 Å². The number of fused-ring (bicyclic) bond motifs is 1. The van der Waals surface area contributed by atoms with Crippen LogP contribution in [0.15, 0.2) is 109 Å². The Labute approximate surface area is 199 Å². The molecule has 1 saturated heterocycles. The topological polar surface area (TPSA) is 37.4 Å². The van der Waals surface area contributed by atoms with E-state index in [4.69, 9.17) is 0 Å². The van der Waals surface area contributed by atoms with Crippen LogP contribution in [-0.4, -0.2) is 11.8 Å². The summed E-state index contributed by atoms with van der Waals surface area (Å²) in [6, 6.07) is 35.9. The van der Waals surface area contributed by atoms with Crippen molar-refractivity contribution in [2.24, 2.45) is 5.92 Å². The monoisotopic (exact) mass is 443 g/mol. The van der Waals surface area contributed by atoms with Gasteiger partial charge in [-0.05, 0) is 42.7 Å². The van der Waals surface area contributed by atoms with Crippen molar-refractivity contribution in [3.8, 4) is 0 Å². The minimum Gasteiger partial charge on any atom is -0.274 e. The van der Waals surface area contributed by atoms with E-state index in [9.17, 15) is 9.59 Å². The summed E-state index contributed by atoms with van der Waals surface area (Å²) < 4.78 is 0. The first-order chi connectivity index (χ1) is 16.5. The largest absolute Gasteiger partial charge is 0.274 e. The Hall–Kier alpha value is -3.98. The van der Waals surface area contributed by atoms with E-state index in [2.05, 4.69) is 24.3 Å². The van der Waals surface area contributed by atoms with Crippen molar-refractivity contribution in [1.29, 1.82) is 0 Å². The van der Waals surface area contributed by atoms with E-state index in [1.165, 1.54) is 4.90 Å². The summed E-state index contributed by atoms with van der Waals surface area (Å²) >= 11 is 0. The average molecular weight is 444 g/mol. The zero-order chi connectivity index (χ0) is 23.5. The highest BCUT2D eigenvalue weighted by Crippen LogP contribution is 2.77. The lowest BCUT2D eigenvalue weighted by Gasteiger charge is -2.31. The van der Waals surface area contributed by atoms with Crippen LogP contribution in [-0.2, 0) is 20.4 Å². The van der Waals surface area contributed by atoms with Crippen LogP contribution in [0.4, 0.5) is 5.69 Å². The number of aryl methyl sites for hydroxylation is 2. The normalized spacial score (nSPS) is 22.5. The third-order valence-corrected chi connectivity index (χ3v) is 7.67. The third-order valence-electron chi connectivity index (χ3n) is 7.67. The van der Waals surface area contributed by atoms with Crippen molar-refractivity contribution in [3.05, 3.63) is 137 Å². The van der Waals surface area contributed by atoms with Gasteiger partial charge in [0, 0.05) is 0 Å². The Balaban J connectivity index is 1.64. The SMILES string of the molecule is Cc1ccc(N2C(=O)[C@H]3C(c4ccccc4)(c4ccccc4)[C@@]3(c3ccc(C)cc3)C2=O)cc1. The lowest BCUT2D eigenvalue weighted by Crippen LogP contribution is -2.44. The Morgan fingerprint density at radius 2 is 1.00 bits per heavy atom. The van der Waals surface area contributed by atoms with Gasteiger partial charge in [0.1, 0.15) is 5.41 Å². The lowest BCUT2D eigenvalue weighted by molar-refractivity contribution is -0.124. The highest BCUT2D eigenvalue weighted by atomic mass is 16.2. The predicted molar refractivity (Wildman–Crippen MR) is 134 cm³/mol. The number of amides is 2. The fourth-order valence-electron chi connectivity index (χ4n) is 6.17. The van der Waals surface area contributed by atoms with Crippen LogP contribution in [0.25, 0.3) is 0 Å². The van der Waals surface area contributed by atoms with E-state index in [1.807, 2.05) is 98.8 Å². The Bertz CT molecular complexity index is 1350. The fraction of sp³-hybridized carbons (Fsp3) is 0.161. The van der Waals surface area contributed by atoms with Crippen LogP contribution in [0.5, 0.6) is 0 Å². The van der Waals surface area contributed by atoms with Gasteiger partial charge < -0.3 is 0 Å². The van der Waals surface area contributed by atoms with Crippen LogP contribution in [0, 0.1) is 19.8 Å². The summed E-state index contributed by atoms with van der Waals surface area (Å²) in [5.74, 6) is -0.800. The van der Waals surface area contributed by atoms with Crippen molar-refractivity contribution in [2.45, 2.75) is 24.7 Å². The third kappa shape index (κ3) is 2.47.